The van der Waals surface area contributed by atoms with Gasteiger partial charge in [-0.3, -0.25) is 0 Å². The van der Waals surface area contributed by atoms with Crippen LogP contribution in [0.1, 0.15) is 16.9 Å². The smallest absolute Gasteiger partial charge is 0.160 e. The number of allylic oxidation sites excluding steroid dienone is 1. The van der Waals surface area contributed by atoms with Crippen molar-refractivity contribution < 1.29 is 0 Å². The lowest BCUT2D eigenvalue weighted by molar-refractivity contribution is 1.01. The van der Waals surface area contributed by atoms with Crippen molar-refractivity contribution in [2.24, 2.45) is 0 Å². The van der Waals surface area contributed by atoms with E-state index in [0.29, 0.717) is 0 Å². The Hall–Kier alpha value is -4.34. The molecule has 3 heteroatoms. The Morgan fingerprint density at radius 3 is 1.86 bits per heavy atom. The molecule has 4 aromatic carbocycles. The van der Waals surface area contributed by atoms with Crippen molar-refractivity contribution in [3.63, 3.8) is 0 Å². The first-order valence-corrected chi connectivity index (χ1v) is 13.4. The molecule has 0 spiro atoms. The fourth-order valence-corrected chi connectivity index (χ4v) is 6.47. The maximum Gasteiger partial charge on any atom is 0.160 e. The number of rotatable bonds is 4. The third-order valence-electron chi connectivity index (χ3n) is 7.05. The maximum absolute atomic E-state index is 4.86. The lowest BCUT2D eigenvalue weighted by atomic mass is 9.94. The van der Waals surface area contributed by atoms with Gasteiger partial charge in [0.2, 0.25) is 0 Å². The van der Waals surface area contributed by atoms with E-state index in [0.717, 1.165) is 35.4 Å². The van der Waals surface area contributed by atoms with Gasteiger partial charge in [0.25, 0.3) is 0 Å². The van der Waals surface area contributed by atoms with Crippen molar-refractivity contribution in [1.29, 1.82) is 0 Å². The molecule has 37 heavy (non-hydrogen) atoms. The lowest BCUT2D eigenvalue weighted by Crippen LogP contribution is -1.92. The summed E-state index contributed by atoms with van der Waals surface area (Å²) in [5.41, 5.74) is 9.46. The third-order valence-corrected chi connectivity index (χ3v) is 8.30. The number of hydrogen-bond donors (Lipinski definition) is 0. The number of nitrogens with zero attached hydrogens (tertiary/aromatic N) is 2. The van der Waals surface area contributed by atoms with Gasteiger partial charge in [0.1, 0.15) is 0 Å². The van der Waals surface area contributed by atoms with Crippen LogP contribution in [0.2, 0.25) is 0 Å². The minimum atomic E-state index is 0.777. The topological polar surface area (TPSA) is 25.8 Å². The van der Waals surface area contributed by atoms with Gasteiger partial charge in [0.05, 0.1) is 0 Å². The van der Waals surface area contributed by atoms with Gasteiger partial charge >= 0.3 is 0 Å². The molecule has 0 saturated heterocycles. The highest BCUT2D eigenvalue weighted by atomic mass is 32.1. The lowest BCUT2D eigenvalue weighted by Gasteiger charge is -2.11. The summed E-state index contributed by atoms with van der Waals surface area (Å²) in [5, 5.41) is 1.34. The second kappa shape index (κ2) is 9.27. The van der Waals surface area contributed by atoms with Gasteiger partial charge in [-0.2, -0.15) is 0 Å². The zero-order valence-corrected chi connectivity index (χ0v) is 21.1. The molecule has 0 fully saturated rings. The molecule has 0 saturated carbocycles. The van der Waals surface area contributed by atoms with E-state index in [1.165, 1.54) is 42.8 Å². The van der Waals surface area contributed by atoms with E-state index in [-0.39, 0.29) is 0 Å². The summed E-state index contributed by atoms with van der Waals surface area (Å²) in [7, 11) is 0. The van der Waals surface area contributed by atoms with E-state index >= 15 is 0 Å². The Kier molecular flexibility index (Phi) is 5.49. The predicted molar refractivity (Wildman–Crippen MR) is 157 cm³/mol. The molecule has 2 heterocycles. The highest BCUT2D eigenvalue weighted by Crippen LogP contribution is 2.40. The Labute approximate surface area is 220 Å². The van der Waals surface area contributed by atoms with Crippen LogP contribution in [0.25, 0.3) is 60.9 Å². The Balaban J connectivity index is 1.32. The molecule has 1 aliphatic rings. The number of benzene rings is 4. The van der Waals surface area contributed by atoms with Crippen LogP contribution in [-0.4, -0.2) is 9.97 Å². The first-order valence-electron chi connectivity index (χ1n) is 12.6. The van der Waals surface area contributed by atoms with E-state index in [9.17, 15) is 0 Å². The molecule has 0 unspecified atom stereocenters. The zero-order chi connectivity index (χ0) is 24.6. The Morgan fingerprint density at radius 1 is 0.595 bits per heavy atom. The van der Waals surface area contributed by atoms with E-state index in [2.05, 4.69) is 109 Å². The molecule has 0 aliphatic heterocycles. The first kappa shape index (κ1) is 21.9. The first-order chi connectivity index (χ1) is 18.3. The average molecular weight is 493 g/mol. The van der Waals surface area contributed by atoms with Crippen molar-refractivity contribution in [2.75, 3.05) is 0 Å². The quantitative estimate of drug-likeness (QED) is 0.245. The predicted octanol–water partition coefficient (Wildman–Crippen LogP) is 9.32. The summed E-state index contributed by atoms with van der Waals surface area (Å²) in [5.74, 6) is 0.777. The van der Waals surface area contributed by atoms with Gasteiger partial charge in [-0.05, 0) is 82.0 Å². The van der Waals surface area contributed by atoms with E-state index < -0.39 is 0 Å². The van der Waals surface area contributed by atoms with Crippen LogP contribution in [0.15, 0.2) is 116 Å². The second-order valence-corrected chi connectivity index (χ2v) is 10.4. The normalized spacial score (nSPS) is 12.5. The largest absolute Gasteiger partial charge is 0.236 e. The van der Waals surface area contributed by atoms with Gasteiger partial charge in [-0.25, -0.2) is 9.97 Å². The van der Waals surface area contributed by atoms with Crippen LogP contribution in [-0.2, 0) is 6.42 Å². The molecule has 0 bridgehead atoms. The van der Waals surface area contributed by atoms with E-state index in [1.54, 1.807) is 0 Å². The number of aryl methyl sites for hydroxylation is 1. The van der Waals surface area contributed by atoms with Crippen LogP contribution in [0.4, 0.5) is 0 Å². The van der Waals surface area contributed by atoms with Gasteiger partial charge in [-0.15, -0.1) is 11.3 Å². The molecule has 1 aliphatic carbocycles. The van der Waals surface area contributed by atoms with Crippen LogP contribution in [0.5, 0.6) is 0 Å². The number of thiophene rings is 1. The summed E-state index contributed by atoms with van der Waals surface area (Å²) < 4.78 is 1.28. The van der Waals surface area contributed by atoms with Gasteiger partial charge in [-0.1, -0.05) is 78.9 Å². The van der Waals surface area contributed by atoms with E-state index in [4.69, 9.17) is 9.97 Å². The highest BCUT2D eigenvalue weighted by Gasteiger charge is 2.17. The van der Waals surface area contributed by atoms with E-state index in [1.807, 2.05) is 23.7 Å². The highest BCUT2D eigenvalue weighted by molar-refractivity contribution is 7.20. The number of fused-ring (bicyclic) bond motifs is 3. The average Bonchev–Trinajstić information content (AvgIpc) is 3.37. The number of hydrogen-bond acceptors (Lipinski definition) is 3. The van der Waals surface area contributed by atoms with Gasteiger partial charge in [0.15, 0.2) is 5.82 Å². The van der Waals surface area contributed by atoms with Crippen molar-refractivity contribution in [3.05, 3.63) is 126 Å². The minimum Gasteiger partial charge on any atom is -0.236 e. The maximum atomic E-state index is 4.86. The third kappa shape index (κ3) is 4.08. The summed E-state index contributed by atoms with van der Waals surface area (Å²) in [6.45, 7) is 0. The summed E-state index contributed by atoms with van der Waals surface area (Å²) in [6, 6.07) is 34.3. The second-order valence-electron chi connectivity index (χ2n) is 9.39. The summed E-state index contributed by atoms with van der Waals surface area (Å²) in [4.78, 5) is 11.1. The van der Waals surface area contributed by atoms with Crippen LogP contribution < -0.4 is 0 Å². The SMILES string of the molecule is C1=Cc2sc3c(-c4ncc(-c5cc(-c6ccccc6)cc(-c6ccccc6)c5)cn4)cccc3c2CC1. The Morgan fingerprint density at radius 2 is 1.22 bits per heavy atom. The van der Waals surface area contributed by atoms with Gasteiger partial charge in [0, 0.05) is 33.1 Å². The molecule has 6 aromatic rings. The van der Waals surface area contributed by atoms with Gasteiger partial charge < -0.3 is 0 Å². The summed E-state index contributed by atoms with van der Waals surface area (Å²) in [6.07, 6.45) is 10.7. The minimum absolute atomic E-state index is 0.777. The van der Waals surface area contributed by atoms with Crippen LogP contribution in [0, 0.1) is 0 Å². The molecule has 0 amide bonds. The molecule has 0 N–H and O–H groups in total. The molecule has 0 atom stereocenters. The van der Waals surface area contributed by atoms with Crippen molar-refractivity contribution in [3.8, 4) is 44.8 Å². The van der Waals surface area contributed by atoms with Crippen molar-refractivity contribution >= 4 is 27.5 Å². The fourth-order valence-electron chi connectivity index (χ4n) is 5.18. The molecule has 176 valence electrons. The van der Waals surface area contributed by atoms with Crippen LogP contribution >= 0.6 is 11.3 Å². The molecule has 2 nitrogen and oxygen atoms in total. The summed E-state index contributed by atoms with van der Waals surface area (Å²) >= 11 is 1.85. The number of aromatic nitrogens is 2. The standard InChI is InChI=1S/C34H24N2S/c1-3-10-23(11-4-1)25-18-26(24-12-5-2-6-13-24)20-27(19-25)28-21-35-34(36-22-28)31-16-9-15-30-29-14-7-8-17-32(29)37-33(30)31/h1-6,8-13,15-22H,7,14H2. The Bertz CT molecular complexity index is 1690. The van der Waals surface area contributed by atoms with Crippen LogP contribution in [0.3, 0.4) is 0 Å². The molecule has 0 radical (unpaired) electrons. The monoisotopic (exact) mass is 492 g/mol. The molecular formula is C34H24N2S. The zero-order valence-electron chi connectivity index (χ0n) is 20.3. The molecule has 7 rings (SSSR count). The fraction of sp³-hybridized carbons (Fsp3) is 0.0588. The van der Waals surface area contributed by atoms with Crippen molar-refractivity contribution in [1.82, 2.24) is 9.97 Å². The molecule has 2 aromatic heterocycles. The van der Waals surface area contributed by atoms with Crippen molar-refractivity contribution in [2.45, 2.75) is 12.8 Å². The molecular weight excluding hydrogens is 468 g/mol.